The van der Waals surface area contributed by atoms with E-state index in [1.54, 1.807) is 0 Å². The van der Waals surface area contributed by atoms with E-state index in [1.807, 2.05) is 0 Å². The predicted octanol–water partition coefficient (Wildman–Crippen LogP) is -2.52. The highest BCUT2D eigenvalue weighted by Gasteiger charge is 2.29. The molecule has 0 aromatic rings. The van der Waals surface area contributed by atoms with Crippen molar-refractivity contribution in [2.45, 2.75) is 24.7 Å². The number of aliphatic hydroxyl groups is 3. The largest absolute Gasteiger partial charge is 0.477 e. The third kappa shape index (κ3) is 7.18. The number of phosphoric ester groups is 1. The quantitative estimate of drug-likeness (QED) is 0.109. The minimum Gasteiger partial charge on any atom is -0.477 e. The van der Waals surface area contributed by atoms with Crippen molar-refractivity contribution in [1.82, 2.24) is 0 Å². The molecule has 0 unspecified atom stereocenters. The summed E-state index contributed by atoms with van der Waals surface area (Å²) in [5.41, 5.74) is -0.866. The molecule has 0 aromatic carbocycles. The fourth-order valence-corrected chi connectivity index (χ4v) is 1.37. The summed E-state index contributed by atoms with van der Waals surface area (Å²) >= 11 is 0. The molecule has 0 heterocycles. The van der Waals surface area contributed by atoms with Gasteiger partial charge in [0.05, 0.1) is 12.7 Å². The molecule has 0 fully saturated rings. The van der Waals surface area contributed by atoms with Gasteiger partial charge in [-0.15, -0.1) is 0 Å². The van der Waals surface area contributed by atoms with Gasteiger partial charge in [-0.1, -0.05) is 5.16 Å². The van der Waals surface area contributed by atoms with E-state index in [4.69, 9.17) is 20.1 Å². The molecule has 0 aliphatic heterocycles. The second-order valence-electron chi connectivity index (χ2n) is 3.47. The Labute approximate surface area is 106 Å². The van der Waals surface area contributed by atoms with Crippen molar-refractivity contribution in [3.05, 3.63) is 0 Å². The van der Waals surface area contributed by atoms with Gasteiger partial charge in [-0.05, 0) is 0 Å². The fourth-order valence-electron chi connectivity index (χ4n) is 1.02. The monoisotopic (exact) mass is 303 g/mol. The van der Waals surface area contributed by atoms with Crippen LogP contribution in [0.2, 0.25) is 0 Å². The molecule has 0 aromatic heterocycles. The van der Waals surface area contributed by atoms with Gasteiger partial charge < -0.3 is 35.4 Å². The first-order valence-corrected chi connectivity index (χ1v) is 6.30. The highest BCUT2D eigenvalue weighted by molar-refractivity contribution is 7.46. The Balaban J connectivity index is 4.43. The zero-order valence-electron chi connectivity index (χ0n) is 9.40. The van der Waals surface area contributed by atoms with Crippen molar-refractivity contribution in [2.24, 2.45) is 5.16 Å². The van der Waals surface area contributed by atoms with Gasteiger partial charge >= 0.3 is 13.8 Å². The van der Waals surface area contributed by atoms with Crippen LogP contribution in [-0.2, 0) is 13.9 Å². The maximum atomic E-state index is 10.4. The number of carboxylic acids is 1. The van der Waals surface area contributed by atoms with Gasteiger partial charge in [0.15, 0.2) is 5.71 Å². The van der Waals surface area contributed by atoms with E-state index < -0.39 is 50.8 Å². The van der Waals surface area contributed by atoms with Crippen LogP contribution >= 0.6 is 7.82 Å². The van der Waals surface area contributed by atoms with Gasteiger partial charge in [0.1, 0.15) is 12.2 Å². The standard InChI is InChI=1S/C7H14NO10P/c9-4(1-3(8-14)7(12)13)6(11)5(10)2-18-19(15,16)17/h4-6,9-11,14H,1-2H2,(H,12,13)(H2,15,16,17)/b8-3+/t4-,5-,6+/m1/s1. The van der Waals surface area contributed by atoms with Gasteiger partial charge in [-0.2, -0.15) is 0 Å². The number of rotatable bonds is 8. The molecular weight excluding hydrogens is 289 g/mol. The molecular formula is C7H14NO10P. The van der Waals surface area contributed by atoms with E-state index in [9.17, 15) is 24.7 Å². The number of hydrogen-bond donors (Lipinski definition) is 7. The van der Waals surface area contributed by atoms with Crippen LogP contribution in [0.1, 0.15) is 6.42 Å². The summed E-state index contributed by atoms with van der Waals surface area (Å²) < 4.78 is 14.2. The van der Waals surface area contributed by atoms with Crippen LogP contribution in [0.4, 0.5) is 0 Å². The van der Waals surface area contributed by atoms with Crippen molar-refractivity contribution in [2.75, 3.05) is 6.61 Å². The molecule has 19 heavy (non-hydrogen) atoms. The molecule has 0 bridgehead atoms. The molecule has 7 N–H and O–H groups in total. The molecule has 112 valence electrons. The van der Waals surface area contributed by atoms with Gasteiger partial charge in [-0.3, -0.25) is 4.52 Å². The molecule has 12 heteroatoms. The van der Waals surface area contributed by atoms with E-state index in [0.717, 1.165) is 0 Å². The lowest BCUT2D eigenvalue weighted by Gasteiger charge is -2.22. The molecule has 0 spiro atoms. The Morgan fingerprint density at radius 2 is 1.74 bits per heavy atom. The second-order valence-corrected chi connectivity index (χ2v) is 4.71. The number of phosphoric acid groups is 1. The van der Waals surface area contributed by atoms with Crippen LogP contribution in [-0.4, -0.2) is 72.0 Å². The van der Waals surface area contributed by atoms with Gasteiger partial charge in [-0.25, -0.2) is 9.36 Å². The normalized spacial score (nSPS) is 17.8. The molecule has 0 rings (SSSR count). The number of aliphatic carboxylic acids is 1. The number of aliphatic hydroxyl groups excluding tert-OH is 3. The Hall–Kier alpha value is -1.07. The number of hydrogen-bond acceptors (Lipinski definition) is 8. The Bertz CT molecular complexity index is 378. The first kappa shape index (κ1) is 17.9. The highest BCUT2D eigenvalue weighted by atomic mass is 31.2. The minimum atomic E-state index is -4.85. The van der Waals surface area contributed by atoms with Crippen molar-refractivity contribution in [1.29, 1.82) is 0 Å². The molecule has 11 nitrogen and oxygen atoms in total. The van der Waals surface area contributed by atoms with Crippen molar-refractivity contribution in [3.8, 4) is 0 Å². The average Bonchev–Trinajstić information content (AvgIpc) is 2.30. The number of carbonyl (C=O) groups is 1. The summed E-state index contributed by atoms with van der Waals surface area (Å²) in [6.07, 6.45) is -6.46. The van der Waals surface area contributed by atoms with Crippen LogP contribution in [0.3, 0.4) is 0 Å². The minimum absolute atomic E-state index is 0.792. The van der Waals surface area contributed by atoms with E-state index in [0.29, 0.717) is 0 Å². The number of carboxylic acid groups (broad SMARTS) is 1. The Morgan fingerprint density at radius 3 is 2.11 bits per heavy atom. The summed E-state index contributed by atoms with van der Waals surface area (Å²) in [5, 5.41) is 47.1. The topological polar surface area (TPSA) is 197 Å². The van der Waals surface area contributed by atoms with E-state index in [-0.39, 0.29) is 0 Å². The van der Waals surface area contributed by atoms with Gasteiger partial charge in [0.2, 0.25) is 0 Å². The first-order chi connectivity index (χ1) is 8.58. The molecule has 0 aliphatic carbocycles. The van der Waals surface area contributed by atoms with Gasteiger partial charge in [0.25, 0.3) is 0 Å². The number of oxime groups is 1. The molecule has 0 aliphatic rings. The maximum Gasteiger partial charge on any atom is 0.469 e. The van der Waals surface area contributed by atoms with Crippen LogP contribution in [0.5, 0.6) is 0 Å². The SMILES string of the molecule is O=C(O)/C(C[C@@H](O)[C@H](O)[C@H](O)COP(=O)(O)O)=N/O. The molecule has 0 amide bonds. The third-order valence-electron chi connectivity index (χ3n) is 1.97. The first-order valence-electron chi connectivity index (χ1n) is 4.77. The summed E-state index contributed by atoms with van der Waals surface area (Å²) in [6, 6.07) is 0. The van der Waals surface area contributed by atoms with Crippen LogP contribution in [0.15, 0.2) is 5.16 Å². The summed E-state index contributed by atoms with van der Waals surface area (Å²) in [7, 11) is -4.85. The zero-order chi connectivity index (χ0) is 15.2. The smallest absolute Gasteiger partial charge is 0.469 e. The zero-order valence-corrected chi connectivity index (χ0v) is 10.3. The van der Waals surface area contributed by atoms with Crippen molar-refractivity contribution in [3.63, 3.8) is 0 Å². The third-order valence-corrected chi connectivity index (χ3v) is 2.46. The Kier molecular flexibility index (Phi) is 7.08. The second kappa shape index (κ2) is 7.50. The molecule has 0 radical (unpaired) electrons. The highest BCUT2D eigenvalue weighted by Crippen LogP contribution is 2.35. The van der Waals surface area contributed by atoms with E-state index in [1.165, 1.54) is 0 Å². The lowest BCUT2D eigenvalue weighted by Crippen LogP contribution is -2.41. The molecule has 0 saturated carbocycles. The average molecular weight is 303 g/mol. The molecule has 0 saturated heterocycles. The van der Waals surface area contributed by atoms with E-state index in [2.05, 4.69) is 9.68 Å². The van der Waals surface area contributed by atoms with Crippen LogP contribution in [0, 0.1) is 0 Å². The van der Waals surface area contributed by atoms with Gasteiger partial charge in [0, 0.05) is 6.42 Å². The Morgan fingerprint density at radius 1 is 1.21 bits per heavy atom. The van der Waals surface area contributed by atoms with Crippen LogP contribution < -0.4 is 0 Å². The van der Waals surface area contributed by atoms with E-state index >= 15 is 0 Å². The molecule has 3 atom stereocenters. The summed E-state index contributed by atoms with van der Waals surface area (Å²) in [5.74, 6) is -1.64. The maximum absolute atomic E-state index is 10.4. The number of nitrogens with zero attached hydrogens (tertiary/aromatic N) is 1. The predicted molar refractivity (Wildman–Crippen MR) is 57.5 cm³/mol. The van der Waals surface area contributed by atoms with Crippen molar-refractivity contribution >= 4 is 19.5 Å². The lowest BCUT2D eigenvalue weighted by atomic mass is 10.0. The van der Waals surface area contributed by atoms with Crippen LogP contribution in [0.25, 0.3) is 0 Å². The summed E-state index contributed by atoms with van der Waals surface area (Å²) in [6.45, 7) is -0.985. The fraction of sp³-hybridized carbons (Fsp3) is 0.714. The lowest BCUT2D eigenvalue weighted by molar-refractivity contribution is -0.130. The summed E-state index contributed by atoms with van der Waals surface area (Å²) in [4.78, 5) is 27.1. The van der Waals surface area contributed by atoms with Crippen molar-refractivity contribution < 1.29 is 49.3 Å².